The number of thioether (sulfide) groups is 1. The van der Waals surface area contributed by atoms with E-state index in [1.165, 1.54) is 11.8 Å². The van der Waals surface area contributed by atoms with Crippen molar-refractivity contribution in [2.45, 2.75) is 11.7 Å². The van der Waals surface area contributed by atoms with Crippen LogP contribution in [-0.4, -0.2) is 40.1 Å². The monoisotopic (exact) mass is 300 g/mol. The highest BCUT2D eigenvalue weighted by molar-refractivity contribution is 7.99. The minimum Gasteiger partial charge on any atom is -0.481 e. The van der Waals surface area contributed by atoms with Gasteiger partial charge in [0.15, 0.2) is 5.16 Å². The molecule has 0 atom stereocenters. The molecule has 2 aromatic rings. The number of ether oxygens (including phenoxy) is 1. The largest absolute Gasteiger partial charge is 0.481 e. The molecule has 7 heteroatoms. The molecule has 0 amide bonds. The van der Waals surface area contributed by atoms with E-state index < -0.39 is 5.97 Å². The molecule has 0 aliphatic rings. The number of nitrogens with zero attached hydrogens (tertiary/aromatic N) is 2. The van der Waals surface area contributed by atoms with Crippen LogP contribution in [0.25, 0.3) is 11.0 Å². The van der Waals surface area contributed by atoms with E-state index in [2.05, 4.69) is 4.98 Å². The Morgan fingerprint density at radius 2 is 2.37 bits per heavy atom. The van der Waals surface area contributed by atoms with Crippen molar-refractivity contribution in [3.05, 3.63) is 23.2 Å². The summed E-state index contributed by atoms with van der Waals surface area (Å²) in [6.45, 7) is 1.16. The van der Waals surface area contributed by atoms with Gasteiger partial charge in [0.2, 0.25) is 0 Å². The quantitative estimate of drug-likeness (QED) is 0.831. The summed E-state index contributed by atoms with van der Waals surface area (Å²) in [5.41, 5.74) is 1.69. The van der Waals surface area contributed by atoms with Crippen molar-refractivity contribution in [1.82, 2.24) is 9.55 Å². The van der Waals surface area contributed by atoms with E-state index >= 15 is 0 Å². The number of carbonyl (C=O) groups is 1. The average molecular weight is 301 g/mol. The van der Waals surface area contributed by atoms with Crippen LogP contribution < -0.4 is 0 Å². The molecule has 0 aliphatic carbocycles. The standard InChI is InChI=1S/C12H13ClN2O3S/c1-18-5-4-15-10-3-2-8(13)6-9(10)14-12(15)19-7-11(16)17/h2-3,6H,4-5,7H2,1H3,(H,16,17). The molecular formula is C12H13ClN2O3S. The third-order valence-corrected chi connectivity index (χ3v) is 3.72. The number of imidazole rings is 1. The second kappa shape index (κ2) is 6.27. The SMILES string of the molecule is COCCn1c(SCC(=O)O)nc2cc(Cl)ccc21. The van der Waals surface area contributed by atoms with Crippen molar-refractivity contribution in [2.24, 2.45) is 0 Å². The number of halogens is 1. The summed E-state index contributed by atoms with van der Waals surface area (Å²) in [7, 11) is 1.63. The highest BCUT2D eigenvalue weighted by atomic mass is 35.5. The number of fused-ring (bicyclic) bond motifs is 1. The van der Waals surface area contributed by atoms with Gasteiger partial charge in [-0.25, -0.2) is 4.98 Å². The van der Waals surface area contributed by atoms with Crippen LogP contribution in [0.1, 0.15) is 0 Å². The Hall–Kier alpha value is -1.24. The number of methoxy groups -OCH3 is 1. The van der Waals surface area contributed by atoms with Crippen LogP contribution in [0, 0.1) is 0 Å². The highest BCUT2D eigenvalue weighted by Crippen LogP contribution is 2.26. The Bertz CT molecular complexity index is 600. The number of benzene rings is 1. The first-order valence-electron chi connectivity index (χ1n) is 5.61. The van der Waals surface area contributed by atoms with Crippen LogP contribution in [0.2, 0.25) is 5.02 Å². The Kier molecular flexibility index (Phi) is 4.68. The molecule has 5 nitrogen and oxygen atoms in total. The Morgan fingerprint density at radius 1 is 1.58 bits per heavy atom. The zero-order valence-electron chi connectivity index (χ0n) is 10.3. The van der Waals surface area contributed by atoms with Gasteiger partial charge in [0.05, 0.1) is 23.4 Å². The predicted molar refractivity (Wildman–Crippen MR) is 75.0 cm³/mol. The highest BCUT2D eigenvalue weighted by Gasteiger charge is 2.12. The van der Waals surface area contributed by atoms with Crippen LogP contribution in [0.5, 0.6) is 0 Å². The second-order valence-electron chi connectivity index (χ2n) is 3.85. The van der Waals surface area contributed by atoms with E-state index in [0.29, 0.717) is 23.3 Å². The van der Waals surface area contributed by atoms with Crippen molar-refractivity contribution in [2.75, 3.05) is 19.5 Å². The fraction of sp³-hybridized carbons (Fsp3) is 0.333. The Labute approximate surface area is 119 Å². The smallest absolute Gasteiger partial charge is 0.313 e. The van der Waals surface area contributed by atoms with Crippen molar-refractivity contribution >= 4 is 40.4 Å². The van der Waals surface area contributed by atoms with E-state index in [-0.39, 0.29) is 5.75 Å². The van der Waals surface area contributed by atoms with Gasteiger partial charge in [-0.15, -0.1) is 0 Å². The number of aromatic nitrogens is 2. The fourth-order valence-electron chi connectivity index (χ4n) is 1.72. The van der Waals surface area contributed by atoms with Crippen molar-refractivity contribution in [3.63, 3.8) is 0 Å². The number of carboxylic acids is 1. The van der Waals surface area contributed by atoms with Crippen LogP contribution in [0.3, 0.4) is 0 Å². The molecule has 0 spiro atoms. The first kappa shape index (κ1) is 14.2. The Balaban J connectivity index is 2.38. The van der Waals surface area contributed by atoms with Crippen molar-refractivity contribution in [3.8, 4) is 0 Å². The molecule has 0 saturated heterocycles. The topological polar surface area (TPSA) is 64.3 Å². The van der Waals surface area contributed by atoms with Crippen LogP contribution in [0.15, 0.2) is 23.4 Å². The lowest BCUT2D eigenvalue weighted by Gasteiger charge is -2.07. The van der Waals surface area contributed by atoms with E-state index in [0.717, 1.165) is 11.0 Å². The van der Waals surface area contributed by atoms with Gasteiger partial charge in [-0.05, 0) is 18.2 Å². The molecular weight excluding hydrogens is 288 g/mol. The van der Waals surface area contributed by atoms with Gasteiger partial charge in [0.1, 0.15) is 0 Å². The lowest BCUT2D eigenvalue weighted by molar-refractivity contribution is -0.133. The molecule has 102 valence electrons. The molecule has 0 radical (unpaired) electrons. The summed E-state index contributed by atoms with van der Waals surface area (Å²) >= 11 is 7.13. The summed E-state index contributed by atoms with van der Waals surface area (Å²) in [4.78, 5) is 15.1. The molecule has 1 aromatic carbocycles. The van der Waals surface area contributed by atoms with Gasteiger partial charge in [0.25, 0.3) is 0 Å². The second-order valence-corrected chi connectivity index (χ2v) is 5.23. The molecule has 0 fully saturated rings. The van der Waals surface area contributed by atoms with Crippen LogP contribution >= 0.6 is 23.4 Å². The van der Waals surface area contributed by atoms with Crippen LogP contribution in [0.4, 0.5) is 0 Å². The molecule has 0 bridgehead atoms. The normalized spacial score (nSPS) is 11.1. The lowest BCUT2D eigenvalue weighted by atomic mass is 10.3. The average Bonchev–Trinajstić information content (AvgIpc) is 2.70. The zero-order valence-corrected chi connectivity index (χ0v) is 11.9. The maximum Gasteiger partial charge on any atom is 0.313 e. The molecule has 1 heterocycles. The van der Waals surface area contributed by atoms with E-state index in [9.17, 15) is 4.79 Å². The number of aliphatic carboxylic acids is 1. The fourth-order valence-corrected chi connectivity index (χ4v) is 2.64. The maximum atomic E-state index is 10.7. The minimum atomic E-state index is -0.867. The molecule has 0 aliphatic heterocycles. The van der Waals surface area contributed by atoms with Crippen molar-refractivity contribution < 1.29 is 14.6 Å². The van der Waals surface area contributed by atoms with Crippen LogP contribution in [-0.2, 0) is 16.1 Å². The third-order valence-electron chi connectivity index (χ3n) is 2.52. The molecule has 2 rings (SSSR count). The summed E-state index contributed by atoms with van der Waals surface area (Å²) in [5.74, 6) is -0.891. The minimum absolute atomic E-state index is 0.0238. The third kappa shape index (κ3) is 3.40. The zero-order chi connectivity index (χ0) is 13.8. The molecule has 19 heavy (non-hydrogen) atoms. The van der Waals surface area contributed by atoms with E-state index in [1.54, 1.807) is 19.2 Å². The van der Waals surface area contributed by atoms with Crippen molar-refractivity contribution in [1.29, 1.82) is 0 Å². The number of rotatable bonds is 6. The number of hydrogen-bond acceptors (Lipinski definition) is 4. The van der Waals surface area contributed by atoms with Gasteiger partial charge in [-0.3, -0.25) is 4.79 Å². The predicted octanol–water partition coefficient (Wildman–Crippen LogP) is 2.51. The molecule has 0 saturated carbocycles. The molecule has 1 N–H and O–H groups in total. The molecule has 1 aromatic heterocycles. The summed E-state index contributed by atoms with van der Waals surface area (Å²) < 4.78 is 7.02. The maximum absolute atomic E-state index is 10.7. The van der Waals surface area contributed by atoms with Gasteiger partial charge >= 0.3 is 5.97 Å². The number of hydrogen-bond donors (Lipinski definition) is 1. The lowest BCUT2D eigenvalue weighted by Crippen LogP contribution is -2.07. The van der Waals surface area contributed by atoms with Gasteiger partial charge in [-0.1, -0.05) is 23.4 Å². The van der Waals surface area contributed by atoms with Gasteiger partial charge < -0.3 is 14.4 Å². The van der Waals surface area contributed by atoms with Gasteiger partial charge in [0, 0.05) is 18.7 Å². The summed E-state index contributed by atoms with van der Waals surface area (Å²) in [5, 5.41) is 10.0. The Morgan fingerprint density at radius 3 is 3.05 bits per heavy atom. The van der Waals surface area contributed by atoms with E-state index in [1.807, 2.05) is 10.6 Å². The summed E-state index contributed by atoms with van der Waals surface area (Å²) in [6.07, 6.45) is 0. The first-order valence-corrected chi connectivity index (χ1v) is 6.97. The van der Waals surface area contributed by atoms with E-state index in [4.69, 9.17) is 21.4 Å². The van der Waals surface area contributed by atoms with Gasteiger partial charge in [-0.2, -0.15) is 0 Å². The number of carboxylic acid groups (broad SMARTS) is 1. The summed E-state index contributed by atoms with van der Waals surface area (Å²) in [6, 6.07) is 5.44. The first-order chi connectivity index (χ1) is 9.11. The molecule has 0 unspecified atom stereocenters.